The molecular weight excluding hydrogens is 290 g/mol. The number of rotatable bonds is 3. The van der Waals surface area contributed by atoms with Crippen LogP contribution in [0.1, 0.15) is 30.0 Å². The lowest BCUT2D eigenvalue weighted by Crippen LogP contribution is -2.29. The van der Waals surface area contributed by atoms with Crippen molar-refractivity contribution in [3.63, 3.8) is 0 Å². The van der Waals surface area contributed by atoms with Gasteiger partial charge in [0.15, 0.2) is 0 Å². The molecule has 0 N–H and O–H groups in total. The minimum Gasteiger partial charge on any atom is -0.445 e. The molecule has 0 bridgehead atoms. The summed E-state index contributed by atoms with van der Waals surface area (Å²) in [6, 6.07) is 9.77. The van der Waals surface area contributed by atoms with Gasteiger partial charge in [0.2, 0.25) is 0 Å². The molecular formula is C18H19N3O2. The first-order valence-corrected chi connectivity index (χ1v) is 7.98. The summed E-state index contributed by atoms with van der Waals surface area (Å²) in [5.74, 6) is 0.433. The highest BCUT2D eigenvalue weighted by atomic mass is 16.6. The van der Waals surface area contributed by atoms with E-state index in [2.05, 4.69) is 9.97 Å². The fourth-order valence-corrected chi connectivity index (χ4v) is 3.57. The number of amides is 1. The molecule has 2 aliphatic rings. The van der Waals surface area contributed by atoms with Gasteiger partial charge in [-0.1, -0.05) is 30.3 Å². The highest BCUT2D eigenvalue weighted by Gasteiger charge is 2.59. The van der Waals surface area contributed by atoms with Crippen LogP contribution < -0.4 is 0 Å². The fourth-order valence-electron chi connectivity index (χ4n) is 3.57. The molecule has 118 valence electrons. The molecule has 4 rings (SSSR count). The van der Waals surface area contributed by atoms with Gasteiger partial charge in [-0.3, -0.25) is 9.97 Å². The van der Waals surface area contributed by atoms with Gasteiger partial charge in [0, 0.05) is 37.6 Å². The molecule has 5 nitrogen and oxygen atoms in total. The molecule has 1 aliphatic heterocycles. The highest BCUT2D eigenvalue weighted by Crippen LogP contribution is 2.63. The second kappa shape index (κ2) is 5.65. The van der Waals surface area contributed by atoms with E-state index in [0.717, 1.165) is 37.2 Å². The lowest BCUT2D eigenvalue weighted by Gasteiger charge is -2.16. The molecule has 0 radical (unpaired) electrons. The number of likely N-dealkylation sites (tertiary alicyclic amines) is 1. The summed E-state index contributed by atoms with van der Waals surface area (Å²) in [4.78, 5) is 22.6. The summed E-state index contributed by atoms with van der Waals surface area (Å²) in [6.45, 7) is 1.86. The average Bonchev–Trinajstić information content (AvgIpc) is 3.14. The number of ether oxygens (including phenoxy) is 1. The van der Waals surface area contributed by atoms with Crippen LogP contribution in [0, 0.1) is 5.41 Å². The van der Waals surface area contributed by atoms with Crippen molar-refractivity contribution in [3.05, 3.63) is 60.2 Å². The zero-order valence-corrected chi connectivity index (χ0v) is 12.9. The Morgan fingerprint density at radius 1 is 1.30 bits per heavy atom. The summed E-state index contributed by atoms with van der Waals surface area (Å²) >= 11 is 0. The first kappa shape index (κ1) is 14.2. The fraction of sp³-hybridized carbons (Fsp3) is 0.389. The van der Waals surface area contributed by atoms with Crippen molar-refractivity contribution < 1.29 is 9.53 Å². The maximum absolute atomic E-state index is 12.3. The highest BCUT2D eigenvalue weighted by molar-refractivity contribution is 5.68. The van der Waals surface area contributed by atoms with E-state index in [0.29, 0.717) is 12.5 Å². The van der Waals surface area contributed by atoms with Crippen LogP contribution in [-0.2, 0) is 11.3 Å². The molecule has 2 unspecified atom stereocenters. The normalized spacial score (nSPS) is 25.6. The van der Waals surface area contributed by atoms with Crippen molar-refractivity contribution >= 4 is 6.09 Å². The first-order chi connectivity index (χ1) is 11.3. The number of carbonyl (C=O) groups is 1. The lowest BCUT2D eigenvalue weighted by atomic mass is 10.0. The minimum absolute atomic E-state index is 0.196. The van der Waals surface area contributed by atoms with Crippen molar-refractivity contribution in [2.75, 3.05) is 13.1 Å². The van der Waals surface area contributed by atoms with Crippen LogP contribution in [0.5, 0.6) is 0 Å². The standard InChI is InChI=1S/C18H19N3O2/c22-17(23-12-14-4-2-1-3-5-14)21-9-6-18(13-21)10-15(18)16-11-19-7-8-20-16/h1-5,7-8,11,15H,6,9-10,12-13H2. The van der Waals surface area contributed by atoms with Crippen LogP contribution in [0.25, 0.3) is 0 Å². The topological polar surface area (TPSA) is 55.3 Å². The van der Waals surface area contributed by atoms with Gasteiger partial charge < -0.3 is 9.64 Å². The SMILES string of the molecule is O=C(OCc1ccccc1)N1CCC2(CC2c2cnccn2)C1. The van der Waals surface area contributed by atoms with Crippen LogP contribution in [0.4, 0.5) is 4.79 Å². The Morgan fingerprint density at radius 2 is 2.17 bits per heavy atom. The first-order valence-electron chi connectivity index (χ1n) is 7.98. The molecule has 2 fully saturated rings. The number of hydrogen-bond acceptors (Lipinski definition) is 4. The molecule has 5 heteroatoms. The van der Waals surface area contributed by atoms with Crippen molar-refractivity contribution in [2.24, 2.45) is 5.41 Å². The Hall–Kier alpha value is -2.43. The van der Waals surface area contributed by atoms with Gasteiger partial charge in [-0.15, -0.1) is 0 Å². The van der Waals surface area contributed by atoms with Gasteiger partial charge in [0.25, 0.3) is 0 Å². The molecule has 1 saturated heterocycles. The largest absolute Gasteiger partial charge is 0.445 e. The van der Waals surface area contributed by atoms with Gasteiger partial charge in [0.1, 0.15) is 6.61 Å². The average molecular weight is 309 g/mol. The van der Waals surface area contributed by atoms with E-state index >= 15 is 0 Å². The Bertz CT molecular complexity index is 692. The molecule has 1 spiro atoms. The predicted molar refractivity (Wildman–Crippen MR) is 84.6 cm³/mol. The monoisotopic (exact) mass is 309 g/mol. The Morgan fingerprint density at radius 3 is 2.96 bits per heavy atom. The van der Waals surface area contributed by atoms with E-state index in [4.69, 9.17) is 4.74 Å². The van der Waals surface area contributed by atoms with Crippen molar-refractivity contribution in [1.29, 1.82) is 0 Å². The van der Waals surface area contributed by atoms with Crippen molar-refractivity contribution in [2.45, 2.75) is 25.4 Å². The molecule has 2 aromatic rings. The molecule has 23 heavy (non-hydrogen) atoms. The van der Waals surface area contributed by atoms with E-state index < -0.39 is 0 Å². The maximum Gasteiger partial charge on any atom is 0.410 e. The third-order valence-corrected chi connectivity index (χ3v) is 4.98. The lowest BCUT2D eigenvalue weighted by molar-refractivity contribution is 0.102. The van der Waals surface area contributed by atoms with Crippen molar-refractivity contribution in [1.82, 2.24) is 14.9 Å². The number of benzene rings is 1. The summed E-state index contributed by atoms with van der Waals surface area (Å²) in [6.07, 6.45) is 7.18. The van der Waals surface area contributed by atoms with Crippen LogP contribution in [0.2, 0.25) is 0 Å². The van der Waals surface area contributed by atoms with Gasteiger partial charge in [-0.05, 0) is 23.8 Å². The Kier molecular flexibility index (Phi) is 3.48. The van der Waals surface area contributed by atoms with Gasteiger partial charge in [-0.2, -0.15) is 0 Å². The number of nitrogens with zero attached hydrogens (tertiary/aromatic N) is 3. The van der Waals surface area contributed by atoms with E-state index in [1.165, 1.54) is 0 Å². The van der Waals surface area contributed by atoms with Gasteiger partial charge in [0.05, 0.1) is 5.69 Å². The Labute approximate surface area is 135 Å². The molecule has 1 aromatic heterocycles. The smallest absolute Gasteiger partial charge is 0.410 e. The zero-order valence-electron chi connectivity index (χ0n) is 12.9. The van der Waals surface area contributed by atoms with Gasteiger partial charge >= 0.3 is 6.09 Å². The molecule has 1 amide bonds. The van der Waals surface area contributed by atoms with Crippen LogP contribution >= 0.6 is 0 Å². The molecule has 1 aliphatic carbocycles. The minimum atomic E-state index is -0.212. The molecule has 2 heterocycles. The third-order valence-electron chi connectivity index (χ3n) is 4.98. The van der Waals surface area contributed by atoms with Gasteiger partial charge in [-0.25, -0.2) is 4.79 Å². The second-order valence-electron chi connectivity index (χ2n) is 6.46. The summed E-state index contributed by atoms with van der Waals surface area (Å²) < 4.78 is 5.43. The predicted octanol–water partition coefficient (Wildman–Crippen LogP) is 2.99. The van der Waals surface area contributed by atoms with E-state index in [-0.39, 0.29) is 11.5 Å². The molecule has 1 saturated carbocycles. The summed E-state index contributed by atoms with van der Waals surface area (Å²) in [5.41, 5.74) is 2.26. The second-order valence-corrected chi connectivity index (χ2v) is 6.46. The van der Waals surface area contributed by atoms with E-state index in [9.17, 15) is 4.79 Å². The van der Waals surface area contributed by atoms with E-state index in [1.807, 2.05) is 41.4 Å². The summed E-state index contributed by atoms with van der Waals surface area (Å²) in [5, 5.41) is 0. The Balaban J connectivity index is 1.33. The third kappa shape index (κ3) is 2.79. The number of aromatic nitrogens is 2. The zero-order chi connectivity index (χ0) is 15.7. The van der Waals surface area contributed by atoms with Crippen molar-refractivity contribution in [3.8, 4) is 0 Å². The van der Waals surface area contributed by atoms with E-state index in [1.54, 1.807) is 12.4 Å². The quantitative estimate of drug-likeness (QED) is 0.874. The number of carbonyl (C=O) groups excluding carboxylic acids is 1. The van der Waals surface area contributed by atoms with Crippen LogP contribution in [0.15, 0.2) is 48.9 Å². The van der Waals surface area contributed by atoms with Crippen LogP contribution in [0.3, 0.4) is 0 Å². The molecule has 2 atom stereocenters. The summed E-state index contributed by atoms with van der Waals surface area (Å²) in [7, 11) is 0. The maximum atomic E-state index is 12.3. The van der Waals surface area contributed by atoms with Crippen LogP contribution in [-0.4, -0.2) is 34.1 Å². The molecule has 1 aromatic carbocycles. The number of hydrogen-bond donors (Lipinski definition) is 0.